The molecule has 0 N–H and O–H groups in total. The first-order valence-electron chi connectivity index (χ1n) is 8.96. The standard InChI is InChI=1S/C20H18N2O5S2/c23-19-18(28-20(21-19)22-10-12-26-13-11-22)14-15-6-8-16(9-7-15)27-29(24,25)17-4-2-1-3-5-17/h1-9,14H,10-13H2/b18-14+. The Bertz CT molecular complexity index is 1060. The fourth-order valence-electron chi connectivity index (χ4n) is 2.82. The fraction of sp³-hybridized carbons (Fsp3) is 0.200. The molecule has 2 aliphatic heterocycles. The average Bonchev–Trinajstić information content (AvgIpc) is 3.11. The molecule has 0 radical (unpaired) electrons. The summed E-state index contributed by atoms with van der Waals surface area (Å²) in [5, 5.41) is 0.693. The molecule has 2 heterocycles. The molecule has 2 aliphatic rings. The van der Waals surface area contributed by atoms with Crippen LogP contribution in [0.25, 0.3) is 6.08 Å². The van der Waals surface area contributed by atoms with E-state index in [1.165, 1.54) is 23.9 Å². The maximum Gasteiger partial charge on any atom is 0.339 e. The zero-order valence-electron chi connectivity index (χ0n) is 15.4. The van der Waals surface area contributed by atoms with Crippen molar-refractivity contribution in [2.75, 3.05) is 26.3 Å². The lowest BCUT2D eigenvalue weighted by atomic mass is 10.2. The van der Waals surface area contributed by atoms with Gasteiger partial charge < -0.3 is 13.8 Å². The van der Waals surface area contributed by atoms with Crippen molar-refractivity contribution >= 4 is 39.0 Å². The molecule has 0 aromatic heterocycles. The molecule has 9 heteroatoms. The van der Waals surface area contributed by atoms with E-state index in [4.69, 9.17) is 8.92 Å². The van der Waals surface area contributed by atoms with Crippen LogP contribution in [-0.4, -0.2) is 50.7 Å². The number of amidine groups is 1. The number of carbonyl (C=O) groups is 1. The van der Waals surface area contributed by atoms with Crippen molar-refractivity contribution in [1.29, 1.82) is 0 Å². The van der Waals surface area contributed by atoms with E-state index < -0.39 is 10.1 Å². The van der Waals surface area contributed by atoms with Crippen LogP contribution in [0.1, 0.15) is 5.56 Å². The fourth-order valence-corrected chi connectivity index (χ4v) is 4.74. The van der Waals surface area contributed by atoms with Gasteiger partial charge in [0.15, 0.2) is 5.17 Å². The summed E-state index contributed by atoms with van der Waals surface area (Å²) in [6.07, 6.45) is 1.74. The summed E-state index contributed by atoms with van der Waals surface area (Å²) in [5.74, 6) is -0.0739. The van der Waals surface area contributed by atoms with Crippen molar-refractivity contribution in [2.45, 2.75) is 4.90 Å². The molecule has 0 saturated carbocycles. The lowest BCUT2D eigenvalue weighted by Gasteiger charge is -2.27. The van der Waals surface area contributed by atoms with Gasteiger partial charge in [0.2, 0.25) is 0 Å². The van der Waals surface area contributed by atoms with Crippen LogP contribution in [-0.2, 0) is 19.6 Å². The smallest absolute Gasteiger partial charge is 0.339 e. The highest BCUT2D eigenvalue weighted by Crippen LogP contribution is 2.31. The van der Waals surface area contributed by atoms with Crippen molar-refractivity contribution in [3.05, 3.63) is 65.1 Å². The number of benzene rings is 2. The quantitative estimate of drug-likeness (QED) is 0.545. The molecule has 1 amide bonds. The van der Waals surface area contributed by atoms with E-state index in [1.54, 1.807) is 48.5 Å². The summed E-state index contributed by atoms with van der Waals surface area (Å²) in [5.41, 5.74) is 0.753. The van der Waals surface area contributed by atoms with Gasteiger partial charge in [-0.2, -0.15) is 13.4 Å². The van der Waals surface area contributed by atoms with Crippen LogP contribution >= 0.6 is 11.8 Å². The van der Waals surface area contributed by atoms with Gasteiger partial charge in [0, 0.05) is 13.1 Å². The number of hydrogen-bond donors (Lipinski definition) is 0. The molecular weight excluding hydrogens is 412 g/mol. The number of rotatable bonds is 4. The molecular formula is C20H18N2O5S2. The SMILES string of the molecule is O=C1N=C(N2CCOCC2)S/C1=C/c1ccc(OS(=O)(=O)c2ccccc2)cc1. The van der Waals surface area contributed by atoms with E-state index >= 15 is 0 Å². The Hall–Kier alpha value is -2.62. The summed E-state index contributed by atoms with van der Waals surface area (Å²) in [6, 6.07) is 14.5. The predicted molar refractivity (Wildman–Crippen MR) is 111 cm³/mol. The summed E-state index contributed by atoms with van der Waals surface area (Å²) in [7, 11) is -3.88. The Morgan fingerprint density at radius 2 is 1.72 bits per heavy atom. The van der Waals surface area contributed by atoms with Gasteiger partial charge >= 0.3 is 10.1 Å². The monoisotopic (exact) mass is 430 g/mol. The molecule has 29 heavy (non-hydrogen) atoms. The molecule has 150 valence electrons. The van der Waals surface area contributed by atoms with Crippen molar-refractivity contribution in [3.63, 3.8) is 0 Å². The van der Waals surface area contributed by atoms with Crippen LogP contribution < -0.4 is 4.18 Å². The topological polar surface area (TPSA) is 85.3 Å². The molecule has 4 rings (SSSR count). The largest absolute Gasteiger partial charge is 0.379 e. The number of morpholine rings is 1. The van der Waals surface area contributed by atoms with Gasteiger partial charge in [-0.1, -0.05) is 30.3 Å². The zero-order valence-corrected chi connectivity index (χ0v) is 17.0. The summed E-state index contributed by atoms with van der Waals surface area (Å²) in [4.78, 5) is 19.0. The zero-order chi connectivity index (χ0) is 20.3. The van der Waals surface area contributed by atoms with Gasteiger partial charge in [-0.05, 0) is 47.7 Å². The van der Waals surface area contributed by atoms with E-state index in [0.29, 0.717) is 36.4 Å². The van der Waals surface area contributed by atoms with Gasteiger partial charge in [-0.15, -0.1) is 0 Å². The van der Waals surface area contributed by atoms with Crippen LogP contribution in [0.5, 0.6) is 5.75 Å². The Morgan fingerprint density at radius 1 is 1.03 bits per heavy atom. The van der Waals surface area contributed by atoms with Crippen molar-refractivity contribution in [3.8, 4) is 5.75 Å². The van der Waals surface area contributed by atoms with Crippen LogP contribution in [0.3, 0.4) is 0 Å². The van der Waals surface area contributed by atoms with Crippen LogP contribution in [0.15, 0.2) is 69.4 Å². The third kappa shape index (κ3) is 4.69. The Morgan fingerprint density at radius 3 is 2.41 bits per heavy atom. The number of aliphatic imine (C=N–C) groups is 1. The minimum Gasteiger partial charge on any atom is -0.379 e. The lowest BCUT2D eigenvalue weighted by Crippen LogP contribution is -2.38. The number of ether oxygens (including phenoxy) is 1. The number of amides is 1. The van der Waals surface area contributed by atoms with E-state index in [0.717, 1.165) is 5.56 Å². The predicted octanol–water partition coefficient (Wildman–Crippen LogP) is 2.76. The van der Waals surface area contributed by atoms with E-state index in [-0.39, 0.29) is 16.6 Å². The van der Waals surface area contributed by atoms with E-state index in [1.807, 2.05) is 4.90 Å². The van der Waals surface area contributed by atoms with Gasteiger partial charge in [-0.3, -0.25) is 4.79 Å². The maximum atomic E-state index is 12.3. The molecule has 2 aromatic carbocycles. The molecule has 7 nitrogen and oxygen atoms in total. The minimum atomic E-state index is -3.88. The first-order valence-corrected chi connectivity index (χ1v) is 11.2. The number of thioether (sulfide) groups is 1. The van der Waals surface area contributed by atoms with Crippen molar-refractivity contribution < 1.29 is 22.1 Å². The van der Waals surface area contributed by atoms with Crippen LogP contribution in [0.2, 0.25) is 0 Å². The van der Waals surface area contributed by atoms with E-state index in [9.17, 15) is 13.2 Å². The lowest BCUT2D eigenvalue weighted by molar-refractivity contribution is -0.113. The Balaban J connectivity index is 1.44. The summed E-state index contributed by atoms with van der Waals surface area (Å²) < 4.78 is 35.1. The normalized spacial score (nSPS) is 18.8. The maximum absolute atomic E-state index is 12.3. The Kier molecular flexibility index (Phi) is 5.70. The minimum absolute atomic E-state index is 0.0898. The first kappa shape index (κ1) is 19.7. The second-order valence-corrected chi connectivity index (χ2v) is 8.88. The van der Waals surface area contributed by atoms with Crippen LogP contribution in [0, 0.1) is 0 Å². The van der Waals surface area contributed by atoms with Crippen LogP contribution in [0.4, 0.5) is 0 Å². The molecule has 0 aliphatic carbocycles. The highest BCUT2D eigenvalue weighted by molar-refractivity contribution is 8.18. The molecule has 0 spiro atoms. The second kappa shape index (κ2) is 8.40. The highest BCUT2D eigenvalue weighted by Gasteiger charge is 2.27. The number of hydrogen-bond acceptors (Lipinski definition) is 7. The molecule has 2 aromatic rings. The molecule has 0 unspecified atom stereocenters. The van der Waals surface area contributed by atoms with Gasteiger partial charge in [-0.25, -0.2) is 0 Å². The van der Waals surface area contributed by atoms with Gasteiger partial charge in [0.1, 0.15) is 10.6 Å². The summed E-state index contributed by atoms with van der Waals surface area (Å²) in [6.45, 7) is 2.68. The van der Waals surface area contributed by atoms with Crippen molar-refractivity contribution in [2.24, 2.45) is 4.99 Å². The average molecular weight is 431 g/mol. The van der Waals surface area contributed by atoms with Crippen molar-refractivity contribution in [1.82, 2.24) is 4.90 Å². The van der Waals surface area contributed by atoms with Gasteiger partial charge in [0.25, 0.3) is 5.91 Å². The molecule has 0 atom stereocenters. The molecule has 1 saturated heterocycles. The molecule has 1 fully saturated rings. The Labute approximate surface area is 173 Å². The molecule has 0 bridgehead atoms. The van der Waals surface area contributed by atoms with E-state index in [2.05, 4.69) is 4.99 Å². The third-order valence-electron chi connectivity index (χ3n) is 4.31. The second-order valence-electron chi connectivity index (χ2n) is 6.33. The summed E-state index contributed by atoms with van der Waals surface area (Å²) >= 11 is 1.34. The number of nitrogens with zero attached hydrogens (tertiary/aromatic N) is 2. The highest BCUT2D eigenvalue weighted by atomic mass is 32.2. The third-order valence-corrected chi connectivity index (χ3v) is 6.61. The first-order chi connectivity index (χ1) is 14.0. The van der Waals surface area contributed by atoms with Gasteiger partial charge in [0.05, 0.1) is 18.1 Å². The number of carbonyl (C=O) groups excluding carboxylic acids is 1.